The van der Waals surface area contributed by atoms with E-state index in [9.17, 15) is 9.59 Å². The van der Waals surface area contributed by atoms with Crippen LogP contribution in [0.4, 0.5) is 0 Å². The molecule has 0 aliphatic heterocycles. The number of pyridine rings is 1. The van der Waals surface area contributed by atoms with Gasteiger partial charge >= 0.3 is 5.97 Å². The Balaban J connectivity index is 1.79. The summed E-state index contributed by atoms with van der Waals surface area (Å²) in [5.74, 6) is -1.17. The van der Waals surface area contributed by atoms with Crippen molar-refractivity contribution < 1.29 is 9.90 Å². The molecular formula is C16H18N2O3S. The first kappa shape index (κ1) is 15.0. The molecule has 0 fully saturated rings. The number of aryl methyl sites for hydroxylation is 5. The number of hydrogen-bond acceptors (Lipinski definition) is 4. The molecule has 1 aliphatic carbocycles. The fraction of sp³-hybridized carbons (Fsp3) is 0.438. The molecule has 1 N–H and O–H groups in total. The monoisotopic (exact) mass is 318 g/mol. The number of hydrogen-bond donors (Lipinski definition) is 1. The molecule has 0 atom stereocenters. The Hall–Kier alpha value is -1.95. The molecule has 0 saturated heterocycles. The maximum atomic E-state index is 12.2. The highest BCUT2D eigenvalue weighted by atomic mass is 32.1. The molecule has 0 aromatic carbocycles. The lowest BCUT2D eigenvalue weighted by Gasteiger charge is -2.07. The molecule has 0 radical (unpaired) electrons. The van der Waals surface area contributed by atoms with Gasteiger partial charge in [-0.25, -0.2) is 9.78 Å². The molecule has 22 heavy (non-hydrogen) atoms. The molecule has 2 aromatic rings. The van der Waals surface area contributed by atoms with Gasteiger partial charge in [0, 0.05) is 24.0 Å². The van der Waals surface area contributed by atoms with E-state index in [0.29, 0.717) is 18.5 Å². The largest absolute Gasteiger partial charge is 0.477 e. The summed E-state index contributed by atoms with van der Waals surface area (Å²) in [5, 5.41) is 10.2. The molecule has 0 unspecified atom stereocenters. The number of carboxylic acids is 1. The molecule has 1 aliphatic rings. The van der Waals surface area contributed by atoms with Crippen molar-refractivity contribution in [3.05, 3.63) is 49.3 Å². The highest BCUT2D eigenvalue weighted by molar-refractivity contribution is 7.11. The Morgan fingerprint density at radius 3 is 2.91 bits per heavy atom. The maximum Gasteiger partial charge on any atom is 0.341 e. The first-order valence-electron chi connectivity index (χ1n) is 7.47. The van der Waals surface area contributed by atoms with Crippen LogP contribution in [0.3, 0.4) is 0 Å². The number of thiazole rings is 1. The van der Waals surface area contributed by atoms with Crippen molar-refractivity contribution in [2.75, 3.05) is 0 Å². The molecule has 116 valence electrons. The number of carbonyl (C=O) groups is 1. The predicted molar refractivity (Wildman–Crippen MR) is 84.9 cm³/mol. The van der Waals surface area contributed by atoms with Gasteiger partial charge in [-0.3, -0.25) is 4.79 Å². The van der Waals surface area contributed by atoms with Crippen LogP contribution in [0.15, 0.2) is 17.1 Å². The first-order valence-corrected chi connectivity index (χ1v) is 8.28. The molecule has 2 aromatic heterocycles. The summed E-state index contributed by atoms with van der Waals surface area (Å²) in [5.41, 5.74) is 1.14. The lowest BCUT2D eigenvalue weighted by molar-refractivity contribution is 0.0693. The Kier molecular flexibility index (Phi) is 4.11. The van der Waals surface area contributed by atoms with Crippen molar-refractivity contribution in [2.45, 2.75) is 45.6 Å². The van der Waals surface area contributed by atoms with Gasteiger partial charge in [0.25, 0.3) is 5.56 Å². The fourth-order valence-electron chi connectivity index (χ4n) is 2.83. The number of fused-ring (bicyclic) bond motifs is 1. The third-order valence-corrected chi connectivity index (χ3v) is 5.26. The second-order valence-electron chi connectivity index (χ2n) is 5.61. The molecule has 6 heteroatoms. The minimum Gasteiger partial charge on any atom is -0.477 e. The van der Waals surface area contributed by atoms with E-state index in [0.717, 1.165) is 17.8 Å². The van der Waals surface area contributed by atoms with Crippen LogP contribution < -0.4 is 5.56 Å². The minimum absolute atomic E-state index is 0.138. The molecule has 0 saturated carbocycles. The summed E-state index contributed by atoms with van der Waals surface area (Å²) in [6.07, 6.45) is 6.93. The molecule has 5 nitrogen and oxygen atoms in total. The van der Waals surface area contributed by atoms with Crippen LogP contribution in [0.25, 0.3) is 0 Å². The lowest BCUT2D eigenvalue weighted by atomic mass is 10.0. The quantitative estimate of drug-likeness (QED) is 0.940. The van der Waals surface area contributed by atoms with Gasteiger partial charge in [0.2, 0.25) is 0 Å². The zero-order valence-electron chi connectivity index (χ0n) is 12.5. The van der Waals surface area contributed by atoms with Gasteiger partial charge < -0.3 is 9.67 Å². The van der Waals surface area contributed by atoms with Crippen LogP contribution in [-0.4, -0.2) is 20.6 Å². The number of nitrogens with zero attached hydrogens (tertiary/aromatic N) is 2. The molecular weight excluding hydrogens is 300 g/mol. The van der Waals surface area contributed by atoms with E-state index in [1.54, 1.807) is 30.5 Å². The average Bonchev–Trinajstić information content (AvgIpc) is 2.89. The minimum atomic E-state index is -1.17. The summed E-state index contributed by atoms with van der Waals surface area (Å²) in [6.45, 7) is 2.11. The van der Waals surface area contributed by atoms with Crippen LogP contribution in [-0.2, 0) is 25.8 Å². The molecule has 2 heterocycles. The third-order valence-electron chi connectivity index (χ3n) is 4.04. The van der Waals surface area contributed by atoms with Gasteiger partial charge in [-0.15, -0.1) is 11.3 Å². The zero-order chi connectivity index (χ0) is 15.7. The number of carboxylic acid groups (broad SMARTS) is 1. The summed E-state index contributed by atoms with van der Waals surface area (Å²) >= 11 is 1.73. The van der Waals surface area contributed by atoms with Gasteiger partial charge in [0.1, 0.15) is 5.56 Å². The number of aromatic carboxylic acids is 1. The smallest absolute Gasteiger partial charge is 0.341 e. The van der Waals surface area contributed by atoms with Gasteiger partial charge in [0.05, 0.1) is 10.7 Å². The van der Waals surface area contributed by atoms with Crippen LogP contribution in [0.1, 0.15) is 44.3 Å². The van der Waals surface area contributed by atoms with E-state index >= 15 is 0 Å². The molecule has 0 bridgehead atoms. The highest BCUT2D eigenvalue weighted by Gasteiger charge is 2.17. The maximum absolute atomic E-state index is 12.2. The summed E-state index contributed by atoms with van der Waals surface area (Å²) in [6, 6.07) is 1.68. The highest BCUT2D eigenvalue weighted by Crippen LogP contribution is 2.26. The van der Waals surface area contributed by atoms with Crippen LogP contribution in [0.2, 0.25) is 0 Å². The van der Waals surface area contributed by atoms with E-state index in [-0.39, 0.29) is 5.56 Å². The standard InChI is InChI=1S/C16H18N2O3S/c1-10-6-8-18(15(19)14(10)16(20)21)9-7-13-17-11-4-2-3-5-12(11)22-13/h6,8H,2-5,7,9H2,1H3,(H,20,21). The Morgan fingerprint density at radius 2 is 2.18 bits per heavy atom. The molecule has 3 rings (SSSR count). The second-order valence-corrected chi connectivity index (χ2v) is 6.78. The summed E-state index contributed by atoms with van der Waals surface area (Å²) in [7, 11) is 0. The SMILES string of the molecule is Cc1ccn(CCc2nc3c(s2)CCCC3)c(=O)c1C(=O)O. The van der Waals surface area contributed by atoms with Crippen molar-refractivity contribution in [1.82, 2.24) is 9.55 Å². The van der Waals surface area contributed by atoms with Crippen molar-refractivity contribution >= 4 is 17.3 Å². The van der Waals surface area contributed by atoms with Crippen molar-refractivity contribution in [3.8, 4) is 0 Å². The number of rotatable bonds is 4. The normalized spacial score (nSPS) is 13.9. The predicted octanol–water partition coefficient (Wildman–Crippen LogP) is 2.43. The molecule has 0 spiro atoms. The topological polar surface area (TPSA) is 72.2 Å². The third kappa shape index (κ3) is 2.83. The zero-order valence-corrected chi connectivity index (χ0v) is 13.3. The van der Waals surface area contributed by atoms with E-state index in [2.05, 4.69) is 4.98 Å². The van der Waals surface area contributed by atoms with Gasteiger partial charge in [0.15, 0.2) is 0 Å². The Morgan fingerprint density at radius 1 is 1.41 bits per heavy atom. The average molecular weight is 318 g/mol. The van der Waals surface area contributed by atoms with E-state index in [1.807, 2.05) is 0 Å². The van der Waals surface area contributed by atoms with Gasteiger partial charge in [-0.2, -0.15) is 0 Å². The second kappa shape index (κ2) is 6.04. The van der Waals surface area contributed by atoms with Gasteiger partial charge in [-0.05, 0) is 44.2 Å². The number of aromatic nitrogens is 2. The van der Waals surface area contributed by atoms with Crippen LogP contribution >= 0.6 is 11.3 Å². The van der Waals surface area contributed by atoms with Crippen LogP contribution in [0, 0.1) is 6.92 Å². The van der Waals surface area contributed by atoms with Crippen LogP contribution in [0.5, 0.6) is 0 Å². The molecule has 0 amide bonds. The van der Waals surface area contributed by atoms with E-state index in [1.165, 1.54) is 28.0 Å². The lowest BCUT2D eigenvalue weighted by Crippen LogP contribution is -2.27. The van der Waals surface area contributed by atoms with Crippen molar-refractivity contribution in [3.63, 3.8) is 0 Å². The first-order chi connectivity index (χ1) is 10.6. The summed E-state index contributed by atoms with van der Waals surface area (Å²) in [4.78, 5) is 29.4. The Bertz CT molecular complexity index is 753. The van der Waals surface area contributed by atoms with E-state index < -0.39 is 11.5 Å². The van der Waals surface area contributed by atoms with Crippen molar-refractivity contribution in [1.29, 1.82) is 0 Å². The Labute approximate surface area is 132 Å². The summed E-state index contributed by atoms with van der Waals surface area (Å²) < 4.78 is 1.47. The van der Waals surface area contributed by atoms with E-state index in [4.69, 9.17) is 5.11 Å². The van der Waals surface area contributed by atoms with Crippen molar-refractivity contribution in [2.24, 2.45) is 0 Å². The fourth-order valence-corrected chi connectivity index (χ4v) is 3.98. The van der Waals surface area contributed by atoms with Gasteiger partial charge in [-0.1, -0.05) is 0 Å².